The number of anilines is 1. The number of hydrogen-bond acceptors (Lipinski definition) is 7. The maximum atomic E-state index is 12.8. The van der Waals surface area contributed by atoms with Crippen molar-refractivity contribution in [1.29, 1.82) is 0 Å². The molecule has 0 saturated carbocycles. The van der Waals surface area contributed by atoms with Crippen molar-refractivity contribution >= 4 is 50.8 Å². The molecule has 0 radical (unpaired) electrons. The molecule has 1 fully saturated rings. The molecule has 2 heterocycles. The molecule has 0 spiro atoms. The van der Waals surface area contributed by atoms with Crippen LogP contribution in [0.25, 0.3) is 10.2 Å². The van der Waals surface area contributed by atoms with Crippen LogP contribution in [0, 0.1) is 0 Å². The zero-order valence-corrected chi connectivity index (χ0v) is 25.0. The van der Waals surface area contributed by atoms with Crippen LogP contribution in [0.3, 0.4) is 0 Å². The zero-order valence-electron chi connectivity index (χ0n) is 23.4. The van der Waals surface area contributed by atoms with Gasteiger partial charge in [0.05, 0.1) is 28.7 Å². The maximum absolute atomic E-state index is 12.8. The minimum atomic E-state index is -0.170. The first-order chi connectivity index (χ1) is 19.6. The number of unbranched alkanes of at least 4 members (excludes halogenated alkanes) is 7. The summed E-state index contributed by atoms with van der Waals surface area (Å²) < 4.78 is 13.2. The lowest BCUT2D eigenvalue weighted by atomic mass is 10.1. The topological polar surface area (TPSA) is 89.5 Å². The van der Waals surface area contributed by atoms with Gasteiger partial charge in [-0.25, -0.2) is 4.98 Å². The first kappa shape index (κ1) is 30.3. The molecule has 3 aromatic rings. The third-order valence-electron chi connectivity index (χ3n) is 6.89. The smallest absolute Gasteiger partial charge is 0.255 e. The number of rotatable bonds is 17. The number of amides is 2. The van der Waals surface area contributed by atoms with E-state index in [4.69, 9.17) is 9.47 Å². The second kappa shape index (κ2) is 16.6. The summed E-state index contributed by atoms with van der Waals surface area (Å²) >= 11 is 2.94. The molecule has 1 saturated heterocycles. The van der Waals surface area contributed by atoms with E-state index in [1.54, 1.807) is 12.1 Å². The minimum Gasteiger partial charge on any atom is -0.494 e. The van der Waals surface area contributed by atoms with Crippen LogP contribution in [0.15, 0.2) is 46.8 Å². The molecule has 0 bridgehead atoms. The summed E-state index contributed by atoms with van der Waals surface area (Å²) in [6.07, 6.45) is 12.4. The van der Waals surface area contributed by atoms with Gasteiger partial charge in [-0.05, 0) is 61.7 Å². The van der Waals surface area contributed by atoms with Crippen molar-refractivity contribution < 1.29 is 19.1 Å². The third kappa shape index (κ3) is 10.1. The Hall–Kier alpha value is -2.62. The van der Waals surface area contributed by atoms with Crippen LogP contribution in [0.1, 0.15) is 81.5 Å². The van der Waals surface area contributed by atoms with E-state index in [2.05, 4.69) is 22.5 Å². The molecule has 1 aromatic heterocycles. The largest absolute Gasteiger partial charge is 0.494 e. The number of carbonyl (C=O) groups is 2. The second-order valence-corrected chi connectivity index (χ2v) is 12.4. The summed E-state index contributed by atoms with van der Waals surface area (Å²) in [5.74, 6) is 0.916. The Morgan fingerprint density at radius 3 is 2.58 bits per heavy atom. The van der Waals surface area contributed by atoms with E-state index in [9.17, 15) is 9.59 Å². The molecule has 2 N–H and O–H groups in total. The third-order valence-corrected chi connectivity index (χ3v) is 9.05. The van der Waals surface area contributed by atoms with Crippen molar-refractivity contribution in [2.24, 2.45) is 0 Å². The fourth-order valence-corrected chi connectivity index (χ4v) is 6.52. The van der Waals surface area contributed by atoms with Crippen LogP contribution in [0.5, 0.6) is 5.75 Å². The van der Waals surface area contributed by atoms with Crippen LogP contribution < -0.4 is 15.4 Å². The summed E-state index contributed by atoms with van der Waals surface area (Å²) in [7, 11) is 0. The van der Waals surface area contributed by atoms with Crippen LogP contribution in [-0.2, 0) is 9.53 Å². The number of nitrogens with zero attached hydrogens (tertiary/aromatic N) is 1. The van der Waals surface area contributed by atoms with Gasteiger partial charge in [0.1, 0.15) is 5.75 Å². The average molecular weight is 584 g/mol. The van der Waals surface area contributed by atoms with Crippen LogP contribution in [0.4, 0.5) is 5.69 Å². The van der Waals surface area contributed by atoms with Gasteiger partial charge in [0.15, 0.2) is 4.34 Å². The Morgan fingerprint density at radius 1 is 1.05 bits per heavy atom. The standard InChI is InChI=1S/C31H41N3O4S2/c1-2-3-4-5-6-7-8-9-18-37-25-15-12-23(13-16-25)30(36)33-24-14-17-27-28(20-24)40-31(34-27)39-22-29(35)32-21-26-11-10-19-38-26/h12-17,20,26H,2-11,18-19,21-22H2,1H3,(H,32,35)(H,33,36)/t26-/m0/s1. The first-order valence-electron chi connectivity index (χ1n) is 14.6. The predicted molar refractivity (Wildman–Crippen MR) is 165 cm³/mol. The fraction of sp³-hybridized carbons (Fsp3) is 0.516. The molecular weight excluding hydrogens is 542 g/mol. The van der Waals surface area contributed by atoms with E-state index in [1.807, 2.05) is 30.3 Å². The van der Waals surface area contributed by atoms with Crippen molar-refractivity contribution in [3.8, 4) is 5.75 Å². The first-order valence-corrected chi connectivity index (χ1v) is 16.4. The second-order valence-electron chi connectivity index (χ2n) is 10.2. The molecule has 1 aliphatic heterocycles. The zero-order chi connectivity index (χ0) is 28.0. The number of ether oxygens (including phenoxy) is 2. The highest BCUT2D eigenvalue weighted by Crippen LogP contribution is 2.31. The summed E-state index contributed by atoms with van der Waals surface area (Å²) in [5.41, 5.74) is 2.14. The molecule has 4 rings (SSSR count). The quantitative estimate of drug-likeness (QED) is 0.127. The van der Waals surface area contributed by atoms with Crippen molar-refractivity contribution in [2.75, 3.05) is 30.8 Å². The minimum absolute atomic E-state index is 0.0164. The van der Waals surface area contributed by atoms with Crippen molar-refractivity contribution in [2.45, 2.75) is 81.6 Å². The van der Waals surface area contributed by atoms with E-state index < -0.39 is 0 Å². The summed E-state index contributed by atoms with van der Waals surface area (Å²) in [5, 5.41) is 5.91. The Labute approximate surface area is 245 Å². The van der Waals surface area contributed by atoms with Gasteiger partial charge in [-0.15, -0.1) is 11.3 Å². The molecule has 216 valence electrons. The molecule has 7 nitrogen and oxygen atoms in total. The number of hydrogen-bond donors (Lipinski definition) is 2. The average Bonchev–Trinajstić information content (AvgIpc) is 3.64. The van der Waals surface area contributed by atoms with Crippen LogP contribution in [-0.4, -0.2) is 48.4 Å². The van der Waals surface area contributed by atoms with E-state index in [-0.39, 0.29) is 17.9 Å². The van der Waals surface area contributed by atoms with E-state index in [0.29, 0.717) is 30.2 Å². The Bertz CT molecular complexity index is 1210. The molecule has 1 atom stereocenters. The number of nitrogens with one attached hydrogen (secondary N) is 2. The molecule has 9 heteroatoms. The molecule has 2 aromatic carbocycles. The lowest BCUT2D eigenvalue weighted by Crippen LogP contribution is -2.32. The van der Waals surface area contributed by atoms with Gasteiger partial charge in [-0.3, -0.25) is 9.59 Å². The Morgan fingerprint density at radius 2 is 1.82 bits per heavy atom. The monoisotopic (exact) mass is 583 g/mol. The van der Waals surface area contributed by atoms with Crippen LogP contribution >= 0.6 is 23.1 Å². The van der Waals surface area contributed by atoms with Crippen molar-refractivity contribution in [3.05, 3.63) is 48.0 Å². The lowest BCUT2D eigenvalue weighted by Gasteiger charge is -2.09. The number of aromatic nitrogens is 1. The van der Waals surface area contributed by atoms with Gasteiger partial charge in [0.25, 0.3) is 5.91 Å². The van der Waals surface area contributed by atoms with Crippen LogP contribution in [0.2, 0.25) is 0 Å². The highest BCUT2D eigenvalue weighted by molar-refractivity contribution is 8.01. The van der Waals surface area contributed by atoms with Gasteiger partial charge in [-0.1, -0.05) is 63.6 Å². The summed E-state index contributed by atoms with van der Waals surface area (Å²) in [6.45, 7) is 4.30. The van der Waals surface area contributed by atoms with Gasteiger partial charge in [0, 0.05) is 24.4 Å². The lowest BCUT2D eigenvalue weighted by molar-refractivity contribution is -0.119. The molecule has 0 aliphatic carbocycles. The molecular formula is C31H41N3O4S2. The molecule has 0 unspecified atom stereocenters. The van der Waals surface area contributed by atoms with Gasteiger partial charge < -0.3 is 20.1 Å². The van der Waals surface area contributed by atoms with Gasteiger partial charge >= 0.3 is 0 Å². The maximum Gasteiger partial charge on any atom is 0.255 e. The number of carbonyl (C=O) groups excluding carboxylic acids is 2. The molecule has 1 aliphatic rings. The highest BCUT2D eigenvalue weighted by Gasteiger charge is 2.16. The van der Waals surface area contributed by atoms with E-state index in [0.717, 1.165) is 46.2 Å². The van der Waals surface area contributed by atoms with Gasteiger partial charge in [-0.2, -0.15) is 0 Å². The summed E-state index contributed by atoms with van der Waals surface area (Å²) in [4.78, 5) is 29.6. The Kier molecular flexibility index (Phi) is 12.6. The number of benzene rings is 2. The Balaban J connectivity index is 1.17. The normalized spacial score (nSPS) is 14.9. The van der Waals surface area contributed by atoms with E-state index in [1.165, 1.54) is 68.0 Å². The molecule has 40 heavy (non-hydrogen) atoms. The fourth-order valence-electron chi connectivity index (χ4n) is 4.59. The number of thiazole rings is 1. The number of fused-ring (bicyclic) bond motifs is 1. The van der Waals surface area contributed by atoms with Crippen molar-refractivity contribution in [3.63, 3.8) is 0 Å². The summed E-state index contributed by atoms with van der Waals surface area (Å²) in [6, 6.07) is 13.0. The van der Waals surface area contributed by atoms with Gasteiger partial charge in [0.2, 0.25) is 5.91 Å². The molecule has 2 amide bonds. The predicted octanol–water partition coefficient (Wildman–Crippen LogP) is 7.46. The van der Waals surface area contributed by atoms with E-state index >= 15 is 0 Å². The number of thioether (sulfide) groups is 1. The highest BCUT2D eigenvalue weighted by atomic mass is 32.2. The SMILES string of the molecule is CCCCCCCCCCOc1ccc(C(=O)Nc2ccc3nc(SCC(=O)NC[C@@H]4CCCO4)sc3c2)cc1. The van der Waals surface area contributed by atoms with Crippen molar-refractivity contribution in [1.82, 2.24) is 10.3 Å².